The summed E-state index contributed by atoms with van der Waals surface area (Å²) >= 11 is 0. The summed E-state index contributed by atoms with van der Waals surface area (Å²) in [6.07, 6.45) is 1.59. The number of aromatic amines is 1. The van der Waals surface area contributed by atoms with Gasteiger partial charge in [0.2, 0.25) is 5.91 Å². The van der Waals surface area contributed by atoms with E-state index in [-0.39, 0.29) is 36.2 Å². The molecule has 0 aliphatic carbocycles. The summed E-state index contributed by atoms with van der Waals surface area (Å²) < 4.78 is 0. The predicted molar refractivity (Wildman–Crippen MR) is 152 cm³/mol. The lowest BCUT2D eigenvalue weighted by atomic mass is 9.93. The second-order valence-electron chi connectivity index (χ2n) is 9.67. The van der Waals surface area contributed by atoms with Crippen LogP contribution in [0.2, 0.25) is 0 Å². The van der Waals surface area contributed by atoms with Crippen LogP contribution in [0.4, 0.5) is 11.4 Å². The SMILES string of the molecule is CCN(Cc1cccc([N+](=O)[O-])c1)C(=O)C(Nc1ccc2cc[nH]c(=O)c2c1)c1ccc(C(C)CO)c(C)c1. The van der Waals surface area contributed by atoms with Crippen LogP contribution in [-0.4, -0.2) is 39.0 Å². The number of nitro benzene ring substituents is 1. The van der Waals surface area contributed by atoms with Gasteiger partial charge in [0.25, 0.3) is 11.2 Å². The minimum Gasteiger partial charge on any atom is -0.396 e. The largest absolute Gasteiger partial charge is 0.396 e. The molecule has 1 aromatic heterocycles. The lowest BCUT2D eigenvalue weighted by Crippen LogP contribution is -2.37. The highest BCUT2D eigenvalue weighted by Crippen LogP contribution is 2.28. The number of carbonyl (C=O) groups excluding carboxylic acids is 1. The summed E-state index contributed by atoms with van der Waals surface area (Å²) in [7, 11) is 0. The van der Waals surface area contributed by atoms with Crippen molar-refractivity contribution in [3.8, 4) is 0 Å². The minimum absolute atomic E-state index is 0.0132. The van der Waals surface area contributed by atoms with Crippen molar-refractivity contribution in [1.29, 1.82) is 0 Å². The number of H-pyrrole nitrogens is 1. The van der Waals surface area contributed by atoms with Gasteiger partial charge >= 0.3 is 0 Å². The lowest BCUT2D eigenvalue weighted by molar-refractivity contribution is -0.384. The highest BCUT2D eigenvalue weighted by molar-refractivity contribution is 5.89. The standard InChI is InChI=1S/C30H32N4O5/c1-4-33(17-21-6-5-7-25(15-21)34(38)39)30(37)28(23-9-11-26(19(2)14-23)20(3)18-35)32-24-10-8-22-12-13-31-29(36)27(22)16-24/h5-16,20,28,32,35H,4,17-18H2,1-3H3,(H,31,36). The summed E-state index contributed by atoms with van der Waals surface area (Å²) in [5.74, 6) is -0.261. The minimum atomic E-state index is -0.791. The number of aromatic nitrogens is 1. The van der Waals surface area contributed by atoms with Crippen molar-refractivity contribution in [2.75, 3.05) is 18.5 Å². The number of benzene rings is 3. The molecule has 2 atom stereocenters. The van der Waals surface area contributed by atoms with Crippen LogP contribution in [0.1, 0.15) is 48.1 Å². The summed E-state index contributed by atoms with van der Waals surface area (Å²) in [5, 5.41) is 25.5. The second-order valence-corrected chi connectivity index (χ2v) is 9.67. The van der Waals surface area contributed by atoms with Gasteiger partial charge < -0.3 is 20.3 Å². The van der Waals surface area contributed by atoms with E-state index in [1.54, 1.807) is 29.3 Å². The van der Waals surface area contributed by atoms with Crippen molar-refractivity contribution in [3.63, 3.8) is 0 Å². The summed E-state index contributed by atoms with van der Waals surface area (Å²) in [6, 6.07) is 18.4. The molecule has 202 valence electrons. The van der Waals surface area contributed by atoms with E-state index in [4.69, 9.17) is 0 Å². The number of aryl methyl sites for hydroxylation is 1. The van der Waals surface area contributed by atoms with E-state index in [1.807, 2.05) is 57.2 Å². The van der Waals surface area contributed by atoms with Gasteiger partial charge in [-0.25, -0.2) is 0 Å². The maximum Gasteiger partial charge on any atom is 0.269 e. The molecule has 9 heteroatoms. The van der Waals surface area contributed by atoms with Gasteiger partial charge in [0.05, 0.1) is 4.92 Å². The van der Waals surface area contributed by atoms with Crippen LogP contribution in [-0.2, 0) is 11.3 Å². The molecule has 3 aromatic carbocycles. The molecule has 9 nitrogen and oxygen atoms in total. The van der Waals surface area contributed by atoms with Crippen molar-refractivity contribution in [2.24, 2.45) is 0 Å². The van der Waals surface area contributed by atoms with Crippen molar-refractivity contribution in [2.45, 2.75) is 39.3 Å². The number of anilines is 1. The Hall–Kier alpha value is -4.50. The number of rotatable bonds is 10. The first kappa shape index (κ1) is 27.5. The van der Waals surface area contributed by atoms with Crippen molar-refractivity contribution in [1.82, 2.24) is 9.88 Å². The first-order valence-electron chi connectivity index (χ1n) is 12.8. The van der Waals surface area contributed by atoms with Gasteiger partial charge in [-0.15, -0.1) is 0 Å². The van der Waals surface area contributed by atoms with Crippen LogP contribution >= 0.6 is 0 Å². The van der Waals surface area contributed by atoms with E-state index < -0.39 is 11.0 Å². The third-order valence-corrected chi connectivity index (χ3v) is 6.95. The molecule has 1 amide bonds. The van der Waals surface area contributed by atoms with Gasteiger partial charge in [0.15, 0.2) is 0 Å². The van der Waals surface area contributed by atoms with Crippen LogP contribution in [0.25, 0.3) is 10.8 Å². The van der Waals surface area contributed by atoms with Crippen molar-refractivity contribution < 1.29 is 14.8 Å². The quantitative estimate of drug-likeness (QED) is 0.195. The second kappa shape index (κ2) is 11.9. The molecule has 0 fully saturated rings. The fourth-order valence-electron chi connectivity index (χ4n) is 4.77. The molecule has 3 N–H and O–H groups in total. The average Bonchev–Trinajstić information content (AvgIpc) is 2.94. The van der Waals surface area contributed by atoms with E-state index >= 15 is 0 Å². The zero-order valence-electron chi connectivity index (χ0n) is 22.2. The maximum absolute atomic E-state index is 14.0. The molecule has 1 heterocycles. The molecule has 0 aliphatic rings. The summed E-state index contributed by atoms with van der Waals surface area (Å²) in [6.45, 7) is 6.34. The lowest BCUT2D eigenvalue weighted by Gasteiger charge is -2.28. The number of likely N-dealkylation sites (N-methyl/N-ethyl adjacent to an activating group) is 1. The maximum atomic E-state index is 14.0. The molecule has 39 heavy (non-hydrogen) atoms. The first-order valence-corrected chi connectivity index (χ1v) is 12.8. The zero-order chi connectivity index (χ0) is 28.1. The Morgan fingerprint density at radius 3 is 2.62 bits per heavy atom. The Balaban J connectivity index is 1.73. The van der Waals surface area contributed by atoms with Crippen LogP contribution in [0.3, 0.4) is 0 Å². The molecule has 0 saturated carbocycles. The van der Waals surface area contributed by atoms with Gasteiger partial charge in [0.1, 0.15) is 6.04 Å². The Morgan fingerprint density at radius 2 is 1.92 bits per heavy atom. The van der Waals surface area contributed by atoms with Crippen molar-refractivity contribution >= 4 is 28.1 Å². The highest BCUT2D eigenvalue weighted by atomic mass is 16.6. The number of nitrogens with one attached hydrogen (secondary N) is 2. The van der Waals surface area contributed by atoms with E-state index in [9.17, 15) is 24.8 Å². The van der Waals surface area contributed by atoms with Gasteiger partial charge in [-0.1, -0.05) is 43.3 Å². The Labute approximate surface area is 226 Å². The molecule has 4 aromatic rings. The number of aliphatic hydroxyl groups excluding tert-OH is 1. The normalized spacial score (nSPS) is 12.6. The molecule has 4 rings (SSSR count). The number of hydrogen-bond acceptors (Lipinski definition) is 6. The monoisotopic (exact) mass is 528 g/mol. The van der Waals surface area contributed by atoms with E-state index in [0.717, 1.165) is 22.1 Å². The third-order valence-electron chi connectivity index (χ3n) is 6.95. The van der Waals surface area contributed by atoms with E-state index in [2.05, 4.69) is 10.3 Å². The molecule has 0 spiro atoms. The number of pyridine rings is 1. The van der Waals surface area contributed by atoms with Crippen molar-refractivity contribution in [3.05, 3.63) is 116 Å². The van der Waals surface area contributed by atoms with Crippen LogP contribution in [0, 0.1) is 17.0 Å². The summed E-state index contributed by atoms with van der Waals surface area (Å²) in [4.78, 5) is 41.6. The molecule has 2 unspecified atom stereocenters. The predicted octanol–water partition coefficient (Wildman–Crippen LogP) is 5.04. The topological polar surface area (TPSA) is 129 Å². The van der Waals surface area contributed by atoms with Crippen LogP contribution in [0.5, 0.6) is 0 Å². The first-order chi connectivity index (χ1) is 18.7. The highest BCUT2D eigenvalue weighted by Gasteiger charge is 2.27. The number of aliphatic hydroxyl groups is 1. The van der Waals surface area contributed by atoms with Gasteiger partial charge in [-0.3, -0.25) is 19.7 Å². The molecule has 0 saturated heterocycles. The Bertz CT molecular complexity index is 1560. The Kier molecular flexibility index (Phi) is 8.41. The number of carbonyl (C=O) groups is 1. The van der Waals surface area contributed by atoms with E-state index in [0.29, 0.717) is 23.2 Å². The van der Waals surface area contributed by atoms with E-state index in [1.165, 1.54) is 12.1 Å². The molecule has 0 radical (unpaired) electrons. The number of nitro groups is 1. The molecule has 0 bridgehead atoms. The smallest absolute Gasteiger partial charge is 0.269 e. The number of non-ortho nitro benzene ring substituents is 1. The molecular weight excluding hydrogens is 496 g/mol. The number of fused-ring (bicyclic) bond motifs is 1. The number of nitrogens with zero attached hydrogens (tertiary/aromatic N) is 2. The van der Waals surface area contributed by atoms with Crippen LogP contribution in [0.15, 0.2) is 77.7 Å². The van der Waals surface area contributed by atoms with Gasteiger partial charge in [0, 0.05) is 55.0 Å². The van der Waals surface area contributed by atoms with Gasteiger partial charge in [-0.2, -0.15) is 0 Å². The molecular formula is C30H32N4O5. The number of amides is 1. The number of hydrogen-bond donors (Lipinski definition) is 3. The zero-order valence-corrected chi connectivity index (χ0v) is 22.2. The Morgan fingerprint density at radius 1 is 1.13 bits per heavy atom. The third kappa shape index (κ3) is 6.15. The van der Waals surface area contributed by atoms with Gasteiger partial charge in [-0.05, 0) is 59.7 Å². The molecule has 0 aliphatic heterocycles. The average molecular weight is 529 g/mol. The summed E-state index contributed by atoms with van der Waals surface area (Å²) in [5.41, 5.74) is 3.67. The van der Waals surface area contributed by atoms with Crippen LogP contribution < -0.4 is 10.9 Å². The fraction of sp³-hybridized carbons (Fsp3) is 0.267. The fourth-order valence-corrected chi connectivity index (χ4v) is 4.77.